The highest BCUT2D eigenvalue weighted by atomic mass is 32.1. The Bertz CT molecular complexity index is 720. The Morgan fingerprint density at radius 3 is 2.54 bits per heavy atom. The molecule has 6 heteroatoms. The second-order valence-corrected chi connectivity index (χ2v) is 7.43. The SMILES string of the molecule is Cc1ccc(Cc2nc(C(=O)NCCC(C)(C)C(=O)O)cs2)cc1. The molecule has 128 valence electrons. The van der Waals surface area contributed by atoms with Gasteiger partial charge in [-0.25, -0.2) is 4.98 Å². The Kier molecular flexibility index (Phi) is 5.72. The average molecular weight is 346 g/mol. The molecule has 1 heterocycles. The number of hydrogen-bond acceptors (Lipinski definition) is 4. The molecule has 0 bridgehead atoms. The van der Waals surface area contributed by atoms with Crippen LogP contribution >= 0.6 is 11.3 Å². The number of amides is 1. The van der Waals surface area contributed by atoms with Crippen LogP contribution < -0.4 is 5.32 Å². The maximum Gasteiger partial charge on any atom is 0.309 e. The third-order valence-corrected chi connectivity index (χ3v) is 4.72. The van der Waals surface area contributed by atoms with E-state index in [-0.39, 0.29) is 5.91 Å². The molecule has 24 heavy (non-hydrogen) atoms. The maximum atomic E-state index is 12.1. The molecule has 1 aromatic carbocycles. The van der Waals surface area contributed by atoms with E-state index in [2.05, 4.69) is 34.6 Å². The van der Waals surface area contributed by atoms with Gasteiger partial charge in [0.1, 0.15) is 5.69 Å². The van der Waals surface area contributed by atoms with Crippen LogP contribution in [0.15, 0.2) is 29.6 Å². The number of aliphatic carboxylic acids is 1. The predicted octanol–water partition coefficient (Wildman–Crippen LogP) is 3.27. The molecular weight excluding hydrogens is 324 g/mol. The highest BCUT2D eigenvalue weighted by Crippen LogP contribution is 2.19. The van der Waals surface area contributed by atoms with E-state index in [1.165, 1.54) is 16.9 Å². The van der Waals surface area contributed by atoms with E-state index in [0.717, 1.165) is 10.6 Å². The van der Waals surface area contributed by atoms with E-state index in [0.29, 0.717) is 25.1 Å². The van der Waals surface area contributed by atoms with Gasteiger partial charge in [-0.05, 0) is 32.8 Å². The lowest BCUT2D eigenvalue weighted by Gasteiger charge is -2.18. The summed E-state index contributed by atoms with van der Waals surface area (Å²) in [5.41, 5.74) is 1.90. The number of rotatable bonds is 7. The Morgan fingerprint density at radius 2 is 1.92 bits per heavy atom. The van der Waals surface area contributed by atoms with E-state index in [4.69, 9.17) is 5.11 Å². The van der Waals surface area contributed by atoms with Crippen LogP contribution in [0, 0.1) is 12.3 Å². The first-order valence-corrected chi connectivity index (χ1v) is 8.67. The maximum absolute atomic E-state index is 12.1. The summed E-state index contributed by atoms with van der Waals surface area (Å²) in [6.45, 7) is 5.64. The summed E-state index contributed by atoms with van der Waals surface area (Å²) in [6.07, 6.45) is 1.07. The number of carboxylic acid groups (broad SMARTS) is 1. The molecule has 0 aliphatic rings. The van der Waals surface area contributed by atoms with Gasteiger partial charge in [-0.2, -0.15) is 0 Å². The molecule has 1 aromatic heterocycles. The molecule has 0 aliphatic carbocycles. The molecule has 5 nitrogen and oxygen atoms in total. The lowest BCUT2D eigenvalue weighted by molar-refractivity contribution is -0.147. The quantitative estimate of drug-likeness (QED) is 0.806. The van der Waals surface area contributed by atoms with Crippen LogP contribution in [-0.4, -0.2) is 28.5 Å². The summed E-state index contributed by atoms with van der Waals surface area (Å²) in [6, 6.07) is 8.23. The van der Waals surface area contributed by atoms with Crippen LogP contribution in [0.5, 0.6) is 0 Å². The number of carbonyl (C=O) groups is 2. The third kappa shape index (κ3) is 4.89. The summed E-state index contributed by atoms with van der Waals surface area (Å²) < 4.78 is 0. The molecule has 0 saturated carbocycles. The van der Waals surface area contributed by atoms with Crippen molar-refractivity contribution in [3.63, 3.8) is 0 Å². The van der Waals surface area contributed by atoms with Gasteiger partial charge in [0.15, 0.2) is 0 Å². The van der Waals surface area contributed by atoms with E-state index in [1.54, 1.807) is 19.2 Å². The van der Waals surface area contributed by atoms with Crippen LogP contribution in [-0.2, 0) is 11.2 Å². The summed E-state index contributed by atoms with van der Waals surface area (Å²) in [5.74, 6) is -1.13. The summed E-state index contributed by atoms with van der Waals surface area (Å²) in [4.78, 5) is 27.5. The second-order valence-electron chi connectivity index (χ2n) is 6.48. The first-order chi connectivity index (χ1) is 11.3. The molecule has 0 saturated heterocycles. The molecule has 0 fully saturated rings. The fraction of sp³-hybridized carbons (Fsp3) is 0.389. The van der Waals surface area contributed by atoms with Gasteiger partial charge in [0.05, 0.1) is 10.4 Å². The topological polar surface area (TPSA) is 79.3 Å². The normalized spacial score (nSPS) is 11.3. The van der Waals surface area contributed by atoms with Gasteiger partial charge in [0.25, 0.3) is 5.91 Å². The van der Waals surface area contributed by atoms with Crippen molar-refractivity contribution < 1.29 is 14.7 Å². The first-order valence-electron chi connectivity index (χ1n) is 7.79. The predicted molar refractivity (Wildman–Crippen MR) is 94.5 cm³/mol. The number of carboxylic acids is 1. The fourth-order valence-electron chi connectivity index (χ4n) is 2.06. The highest BCUT2D eigenvalue weighted by molar-refractivity contribution is 7.09. The van der Waals surface area contributed by atoms with Crippen molar-refractivity contribution in [2.75, 3.05) is 6.54 Å². The van der Waals surface area contributed by atoms with Crippen molar-refractivity contribution in [3.8, 4) is 0 Å². The summed E-state index contributed by atoms with van der Waals surface area (Å²) in [7, 11) is 0. The van der Waals surface area contributed by atoms with E-state index < -0.39 is 11.4 Å². The van der Waals surface area contributed by atoms with Crippen LogP contribution in [0.2, 0.25) is 0 Å². The van der Waals surface area contributed by atoms with E-state index >= 15 is 0 Å². The van der Waals surface area contributed by atoms with Crippen molar-refractivity contribution in [1.29, 1.82) is 0 Å². The molecule has 2 N–H and O–H groups in total. The largest absolute Gasteiger partial charge is 0.481 e. The summed E-state index contributed by atoms with van der Waals surface area (Å²) in [5, 5.41) is 14.4. The number of aromatic nitrogens is 1. The number of carbonyl (C=O) groups excluding carboxylic acids is 1. The number of thiazole rings is 1. The monoisotopic (exact) mass is 346 g/mol. The molecule has 0 unspecified atom stereocenters. The minimum atomic E-state index is -0.870. The van der Waals surface area contributed by atoms with Gasteiger partial charge < -0.3 is 10.4 Å². The van der Waals surface area contributed by atoms with Crippen molar-refractivity contribution >= 4 is 23.2 Å². The fourth-order valence-corrected chi connectivity index (χ4v) is 2.87. The molecule has 0 spiro atoms. The average Bonchev–Trinajstić information content (AvgIpc) is 2.98. The lowest BCUT2D eigenvalue weighted by atomic mass is 9.90. The zero-order chi connectivity index (χ0) is 17.7. The number of hydrogen-bond donors (Lipinski definition) is 2. The molecule has 1 amide bonds. The molecule has 0 radical (unpaired) electrons. The van der Waals surface area contributed by atoms with Crippen molar-refractivity contribution in [1.82, 2.24) is 10.3 Å². The Morgan fingerprint density at radius 1 is 1.25 bits per heavy atom. The number of aryl methyl sites for hydroxylation is 1. The zero-order valence-corrected chi connectivity index (χ0v) is 14.9. The highest BCUT2D eigenvalue weighted by Gasteiger charge is 2.26. The van der Waals surface area contributed by atoms with E-state index in [9.17, 15) is 9.59 Å². The minimum Gasteiger partial charge on any atom is -0.481 e. The third-order valence-electron chi connectivity index (χ3n) is 3.87. The van der Waals surface area contributed by atoms with Gasteiger partial charge in [-0.15, -0.1) is 11.3 Å². The van der Waals surface area contributed by atoms with Gasteiger partial charge in [-0.1, -0.05) is 29.8 Å². The number of benzene rings is 1. The van der Waals surface area contributed by atoms with Gasteiger partial charge in [0.2, 0.25) is 0 Å². The minimum absolute atomic E-state index is 0.261. The summed E-state index contributed by atoms with van der Waals surface area (Å²) >= 11 is 1.45. The molecule has 0 aliphatic heterocycles. The number of nitrogens with zero attached hydrogens (tertiary/aromatic N) is 1. The van der Waals surface area contributed by atoms with Crippen LogP contribution in [0.1, 0.15) is 46.9 Å². The van der Waals surface area contributed by atoms with Crippen LogP contribution in [0.3, 0.4) is 0 Å². The number of nitrogens with one attached hydrogen (secondary N) is 1. The van der Waals surface area contributed by atoms with Gasteiger partial charge >= 0.3 is 5.97 Å². The molecule has 0 atom stereocenters. The Labute approximate surface area is 145 Å². The lowest BCUT2D eigenvalue weighted by Crippen LogP contribution is -2.32. The zero-order valence-electron chi connectivity index (χ0n) is 14.1. The first kappa shape index (κ1) is 18.1. The molecule has 2 aromatic rings. The van der Waals surface area contributed by atoms with Gasteiger partial charge in [-0.3, -0.25) is 9.59 Å². The van der Waals surface area contributed by atoms with Crippen LogP contribution in [0.25, 0.3) is 0 Å². The van der Waals surface area contributed by atoms with Crippen molar-refractivity contribution in [3.05, 3.63) is 51.5 Å². The van der Waals surface area contributed by atoms with E-state index in [1.807, 2.05) is 6.92 Å². The smallest absolute Gasteiger partial charge is 0.309 e. The van der Waals surface area contributed by atoms with Crippen molar-refractivity contribution in [2.45, 2.75) is 33.6 Å². The standard InChI is InChI=1S/C18H22N2O3S/c1-12-4-6-13(7-5-12)10-15-20-14(11-24-15)16(21)19-9-8-18(2,3)17(22)23/h4-7,11H,8-10H2,1-3H3,(H,19,21)(H,22,23). The Hall–Kier alpha value is -2.21. The van der Waals surface area contributed by atoms with Gasteiger partial charge in [0, 0.05) is 18.3 Å². The molecule has 2 rings (SSSR count). The van der Waals surface area contributed by atoms with Crippen molar-refractivity contribution in [2.24, 2.45) is 5.41 Å². The Balaban J connectivity index is 1.89. The van der Waals surface area contributed by atoms with Crippen LogP contribution in [0.4, 0.5) is 0 Å². The second kappa shape index (κ2) is 7.57. The molecular formula is C18H22N2O3S.